The Morgan fingerprint density at radius 1 is 1.33 bits per heavy atom. The minimum Gasteiger partial charge on any atom is -0.508 e. The number of carbonyl (C=O) groups is 2. The number of esters is 1. The van der Waals surface area contributed by atoms with Crippen LogP contribution in [0.25, 0.3) is 6.08 Å². The van der Waals surface area contributed by atoms with Crippen molar-refractivity contribution < 1.29 is 19.4 Å². The molecule has 1 amide bonds. The summed E-state index contributed by atoms with van der Waals surface area (Å²) in [5, 5.41) is 9.10. The number of nitrogens with zero attached hydrogens (tertiary/aromatic N) is 1. The number of benzene rings is 1. The molecule has 1 aromatic carbocycles. The highest BCUT2D eigenvalue weighted by Gasteiger charge is 2.09. The first-order valence-corrected chi connectivity index (χ1v) is 5.32. The van der Waals surface area contributed by atoms with Crippen LogP contribution in [0, 0.1) is 0 Å². The van der Waals surface area contributed by atoms with E-state index in [1.807, 2.05) is 0 Å². The molecule has 0 atom stereocenters. The van der Waals surface area contributed by atoms with E-state index in [1.54, 1.807) is 18.2 Å². The quantitative estimate of drug-likeness (QED) is 0.639. The van der Waals surface area contributed by atoms with Crippen LogP contribution in [0.3, 0.4) is 0 Å². The van der Waals surface area contributed by atoms with E-state index in [0.717, 1.165) is 5.56 Å². The van der Waals surface area contributed by atoms with Gasteiger partial charge in [-0.3, -0.25) is 9.59 Å². The molecule has 0 radical (unpaired) electrons. The number of aromatic hydroxyl groups is 1. The molecule has 0 aromatic heterocycles. The predicted molar refractivity (Wildman–Crippen MR) is 66.8 cm³/mol. The van der Waals surface area contributed by atoms with Crippen molar-refractivity contribution >= 4 is 18.0 Å². The van der Waals surface area contributed by atoms with Gasteiger partial charge < -0.3 is 14.7 Å². The summed E-state index contributed by atoms with van der Waals surface area (Å²) in [5.74, 6) is -0.598. The second kappa shape index (κ2) is 6.44. The molecule has 0 unspecified atom stereocenters. The standard InChI is InChI=1S/C13H15NO4/c1-14(9-13(17)18-2)12(16)8-5-10-3-6-11(15)7-4-10/h3-8,15H,9H2,1-2H3/b8-5+. The molecular formula is C13H15NO4. The van der Waals surface area contributed by atoms with Gasteiger partial charge in [-0.1, -0.05) is 12.1 Å². The van der Waals surface area contributed by atoms with E-state index in [1.165, 1.54) is 37.3 Å². The Balaban J connectivity index is 2.58. The number of likely N-dealkylation sites (N-methyl/N-ethyl adjacent to an activating group) is 1. The molecular weight excluding hydrogens is 234 g/mol. The van der Waals surface area contributed by atoms with Gasteiger partial charge in [-0.2, -0.15) is 0 Å². The van der Waals surface area contributed by atoms with Gasteiger partial charge in [0, 0.05) is 13.1 Å². The summed E-state index contributed by atoms with van der Waals surface area (Å²) in [6, 6.07) is 6.42. The van der Waals surface area contributed by atoms with Gasteiger partial charge in [-0.05, 0) is 23.8 Å². The Hall–Kier alpha value is -2.30. The normalized spacial score (nSPS) is 10.3. The van der Waals surface area contributed by atoms with E-state index in [-0.39, 0.29) is 18.2 Å². The fraction of sp³-hybridized carbons (Fsp3) is 0.231. The number of hydrogen-bond donors (Lipinski definition) is 1. The van der Waals surface area contributed by atoms with E-state index in [0.29, 0.717) is 0 Å². The number of amides is 1. The lowest BCUT2D eigenvalue weighted by molar-refractivity contribution is -0.144. The summed E-state index contributed by atoms with van der Waals surface area (Å²) in [6.07, 6.45) is 2.96. The Morgan fingerprint density at radius 2 is 1.94 bits per heavy atom. The number of ether oxygens (including phenoxy) is 1. The molecule has 1 aromatic rings. The van der Waals surface area contributed by atoms with Crippen LogP contribution < -0.4 is 0 Å². The summed E-state index contributed by atoms with van der Waals surface area (Å²) in [4.78, 5) is 23.8. The maximum atomic E-state index is 11.6. The molecule has 0 aliphatic carbocycles. The van der Waals surface area contributed by atoms with Gasteiger partial charge in [0.15, 0.2) is 0 Å². The van der Waals surface area contributed by atoms with Gasteiger partial charge in [-0.15, -0.1) is 0 Å². The van der Waals surface area contributed by atoms with Crippen molar-refractivity contribution in [2.45, 2.75) is 0 Å². The van der Waals surface area contributed by atoms with Crippen molar-refractivity contribution in [3.63, 3.8) is 0 Å². The summed E-state index contributed by atoms with van der Waals surface area (Å²) >= 11 is 0. The zero-order valence-electron chi connectivity index (χ0n) is 10.3. The first kappa shape index (κ1) is 13.8. The van der Waals surface area contributed by atoms with Crippen LogP contribution in [0.4, 0.5) is 0 Å². The zero-order chi connectivity index (χ0) is 13.5. The molecule has 1 N–H and O–H groups in total. The van der Waals surface area contributed by atoms with Crippen LogP contribution in [0.5, 0.6) is 5.75 Å². The highest BCUT2D eigenvalue weighted by Crippen LogP contribution is 2.10. The second-order valence-electron chi connectivity index (χ2n) is 3.70. The molecule has 0 spiro atoms. The Labute approximate surface area is 105 Å². The Kier molecular flexibility index (Phi) is 4.92. The number of rotatable bonds is 4. The van der Waals surface area contributed by atoms with Crippen LogP contribution in [-0.4, -0.2) is 42.6 Å². The van der Waals surface area contributed by atoms with Crippen LogP contribution in [0.15, 0.2) is 30.3 Å². The van der Waals surface area contributed by atoms with Crippen LogP contribution in [-0.2, 0) is 14.3 Å². The van der Waals surface area contributed by atoms with Crippen molar-refractivity contribution in [2.24, 2.45) is 0 Å². The van der Waals surface area contributed by atoms with E-state index >= 15 is 0 Å². The number of phenols is 1. The molecule has 0 fully saturated rings. The lowest BCUT2D eigenvalue weighted by Gasteiger charge is -2.12. The van der Waals surface area contributed by atoms with Gasteiger partial charge in [0.1, 0.15) is 12.3 Å². The minimum absolute atomic E-state index is 0.0880. The summed E-state index contributed by atoms with van der Waals surface area (Å²) in [7, 11) is 2.79. The van der Waals surface area contributed by atoms with Crippen molar-refractivity contribution in [3.8, 4) is 5.75 Å². The highest BCUT2D eigenvalue weighted by atomic mass is 16.5. The zero-order valence-corrected chi connectivity index (χ0v) is 10.3. The first-order valence-electron chi connectivity index (χ1n) is 5.32. The fourth-order valence-corrected chi connectivity index (χ4v) is 1.22. The third kappa shape index (κ3) is 4.29. The topological polar surface area (TPSA) is 66.8 Å². The number of hydrogen-bond acceptors (Lipinski definition) is 4. The number of methoxy groups -OCH3 is 1. The molecule has 0 saturated heterocycles. The maximum Gasteiger partial charge on any atom is 0.325 e. The van der Waals surface area contributed by atoms with Crippen molar-refractivity contribution in [2.75, 3.05) is 20.7 Å². The molecule has 0 saturated carbocycles. The average molecular weight is 249 g/mol. The smallest absolute Gasteiger partial charge is 0.325 e. The number of phenolic OH excluding ortho intramolecular Hbond substituents is 1. The van der Waals surface area contributed by atoms with E-state index in [2.05, 4.69) is 4.74 Å². The monoisotopic (exact) mass is 249 g/mol. The minimum atomic E-state index is -0.469. The molecule has 0 aliphatic heterocycles. The lowest BCUT2D eigenvalue weighted by Crippen LogP contribution is -2.31. The van der Waals surface area contributed by atoms with Gasteiger partial charge >= 0.3 is 5.97 Å². The second-order valence-corrected chi connectivity index (χ2v) is 3.70. The van der Waals surface area contributed by atoms with Crippen molar-refractivity contribution in [3.05, 3.63) is 35.9 Å². The average Bonchev–Trinajstić information content (AvgIpc) is 2.37. The van der Waals surface area contributed by atoms with Crippen LogP contribution >= 0.6 is 0 Å². The number of carbonyl (C=O) groups excluding carboxylic acids is 2. The molecule has 0 bridgehead atoms. The van der Waals surface area contributed by atoms with Gasteiger partial charge in [0.05, 0.1) is 7.11 Å². The SMILES string of the molecule is COC(=O)CN(C)C(=O)/C=C/c1ccc(O)cc1. The maximum absolute atomic E-state index is 11.6. The van der Waals surface area contributed by atoms with Crippen LogP contribution in [0.1, 0.15) is 5.56 Å². The van der Waals surface area contributed by atoms with Gasteiger partial charge in [-0.25, -0.2) is 0 Å². The summed E-state index contributed by atoms with van der Waals surface area (Å²) in [6.45, 7) is -0.0880. The van der Waals surface area contributed by atoms with E-state index in [4.69, 9.17) is 5.11 Å². The van der Waals surface area contributed by atoms with Crippen molar-refractivity contribution in [1.82, 2.24) is 4.90 Å². The molecule has 5 heteroatoms. The third-order valence-corrected chi connectivity index (χ3v) is 2.28. The van der Waals surface area contributed by atoms with Gasteiger partial charge in [0.25, 0.3) is 0 Å². The van der Waals surface area contributed by atoms with E-state index in [9.17, 15) is 9.59 Å². The third-order valence-electron chi connectivity index (χ3n) is 2.28. The highest BCUT2D eigenvalue weighted by molar-refractivity contribution is 5.93. The van der Waals surface area contributed by atoms with Crippen LogP contribution in [0.2, 0.25) is 0 Å². The summed E-state index contributed by atoms with van der Waals surface area (Å²) < 4.78 is 4.46. The van der Waals surface area contributed by atoms with Gasteiger partial charge in [0.2, 0.25) is 5.91 Å². The summed E-state index contributed by atoms with van der Waals surface area (Å²) in [5.41, 5.74) is 0.785. The van der Waals surface area contributed by atoms with E-state index < -0.39 is 5.97 Å². The lowest BCUT2D eigenvalue weighted by atomic mass is 10.2. The molecule has 0 aliphatic rings. The predicted octanol–water partition coefficient (Wildman–Crippen LogP) is 1.04. The molecule has 1 rings (SSSR count). The van der Waals surface area contributed by atoms with Crippen molar-refractivity contribution in [1.29, 1.82) is 0 Å². The first-order chi connectivity index (χ1) is 8.52. The Morgan fingerprint density at radius 3 is 2.50 bits per heavy atom. The molecule has 5 nitrogen and oxygen atoms in total. The largest absolute Gasteiger partial charge is 0.508 e. The Bertz CT molecular complexity index is 451. The molecule has 0 heterocycles. The molecule has 18 heavy (non-hydrogen) atoms. The molecule has 96 valence electrons. The fourth-order valence-electron chi connectivity index (χ4n) is 1.22.